The first-order valence-corrected chi connectivity index (χ1v) is 8.07. The van der Waals surface area contributed by atoms with Crippen LogP contribution in [0.25, 0.3) is 0 Å². The summed E-state index contributed by atoms with van der Waals surface area (Å²) in [4.78, 5) is 14.1. The van der Waals surface area contributed by atoms with Crippen molar-refractivity contribution >= 4 is 17.6 Å². The standard InChI is InChI=1S/C16H19ClN4O2/c1-11-19-20-15(23-11)13-5-7-21(8-6-13)16(22)18-10-12-3-2-4-14(17)9-12/h2-4,9,13H,5-8,10H2,1H3,(H,18,22). The lowest BCUT2D eigenvalue weighted by Crippen LogP contribution is -2.43. The third kappa shape index (κ3) is 4.01. The van der Waals surface area contributed by atoms with Crippen LogP contribution in [-0.4, -0.2) is 34.2 Å². The number of hydrogen-bond acceptors (Lipinski definition) is 4. The molecule has 1 N–H and O–H groups in total. The van der Waals surface area contributed by atoms with Crippen LogP contribution in [0.4, 0.5) is 4.79 Å². The number of carbonyl (C=O) groups excluding carboxylic acids is 1. The molecule has 0 unspecified atom stereocenters. The first-order chi connectivity index (χ1) is 11.1. The van der Waals surface area contributed by atoms with Crippen LogP contribution >= 0.6 is 11.6 Å². The van der Waals surface area contributed by atoms with Gasteiger partial charge in [-0.3, -0.25) is 0 Å². The minimum Gasteiger partial charge on any atom is -0.425 e. The fourth-order valence-corrected chi connectivity index (χ4v) is 2.96. The highest BCUT2D eigenvalue weighted by molar-refractivity contribution is 6.30. The molecular formula is C16H19ClN4O2. The van der Waals surface area contributed by atoms with Crippen molar-refractivity contribution in [1.82, 2.24) is 20.4 Å². The molecule has 0 radical (unpaired) electrons. The van der Waals surface area contributed by atoms with Crippen LogP contribution in [-0.2, 0) is 6.54 Å². The molecule has 23 heavy (non-hydrogen) atoms. The van der Waals surface area contributed by atoms with E-state index in [0.717, 1.165) is 18.4 Å². The van der Waals surface area contributed by atoms with Gasteiger partial charge >= 0.3 is 6.03 Å². The minimum absolute atomic E-state index is 0.0508. The Morgan fingerprint density at radius 1 is 1.39 bits per heavy atom. The largest absolute Gasteiger partial charge is 0.425 e. The van der Waals surface area contributed by atoms with E-state index in [0.29, 0.717) is 36.4 Å². The molecule has 1 fully saturated rings. The average molecular weight is 335 g/mol. The lowest BCUT2D eigenvalue weighted by atomic mass is 9.97. The van der Waals surface area contributed by atoms with Crippen LogP contribution < -0.4 is 5.32 Å². The molecule has 0 saturated carbocycles. The molecule has 6 nitrogen and oxygen atoms in total. The van der Waals surface area contributed by atoms with Crippen LogP contribution in [0.15, 0.2) is 28.7 Å². The van der Waals surface area contributed by atoms with Gasteiger partial charge in [0.25, 0.3) is 0 Å². The van der Waals surface area contributed by atoms with Crippen molar-refractivity contribution in [2.75, 3.05) is 13.1 Å². The molecule has 2 aromatic rings. The fourth-order valence-electron chi connectivity index (χ4n) is 2.74. The van der Waals surface area contributed by atoms with Gasteiger partial charge in [0.2, 0.25) is 11.8 Å². The number of amides is 2. The lowest BCUT2D eigenvalue weighted by Gasteiger charge is -2.30. The predicted molar refractivity (Wildman–Crippen MR) is 86.3 cm³/mol. The Labute approximate surface area is 139 Å². The Kier molecular flexibility index (Phi) is 4.81. The zero-order valence-electron chi connectivity index (χ0n) is 13.0. The molecule has 0 aliphatic carbocycles. The first-order valence-electron chi connectivity index (χ1n) is 7.69. The van der Waals surface area contributed by atoms with Gasteiger partial charge in [-0.05, 0) is 30.5 Å². The third-order valence-corrected chi connectivity index (χ3v) is 4.24. The Balaban J connectivity index is 1.48. The highest BCUT2D eigenvalue weighted by atomic mass is 35.5. The highest BCUT2D eigenvalue weighted by Gasteiger charge is 2.26. The van der Waals surface area contributed by atoms with E-state index in [9.17, 15) is 4.79 Å². The summed E-state index contributed by atoms with van der Waals surface area (Å²) in [7, 11) is 0. The average Bonchev–Trinajstić information content (AvgIpc) is 2.99. The van der Waals surface area contributed by atoms with E-state index in [-0.39, 0.29) is 11.9 Å². The number of piperidine rings is 1. The highest BCUT2D eigenvalue weighted by Crippen LogP contribution is 2.26. The number of rotatable bonds is 3. The van der Waals surface area contributed by atoms with Gasteiger partial charge < -0.3 is 14.6 Å². The Morgan fingerprint density at radius 3 is 2.83 bits per heavy atom. The maximum Gasteiger partial charge on any atom is 0.317 e. The molecular weight excluding hydrogens is 316 g/mol. The van der Waals surface area contributed by atoms with Crippen LogP contribution in [0.5, 0.6) is 0 Å². The summed E-state index contributed by atoms with van der Waals surface area (Å²) in [6, 6.07) is 7.44. The smallest absolute Gasteiger partial charge is 0.317 e. The van der Waals surface area contributed by atoms with E-state index in [1.807, 2.05) is 29.2 Å². The number of nitrogens with zero attached hydrogens (tertiary/aromatic N) is 3. The number of benzene rings is 1. The van der Waals surface area contributed by atoms with E-state index in [2.05, 4.69) is 15.5 Å². The Bertz CT molecular complexity index is 680. The molecule has 1 aromatic carbocycles. The zero-order chi connectivity index (χ0) is 16.2. The number of aromatic nitrogens is 2. The molecule has 2 heterocycles. The van der Waals surface area contributed by atoms with Crippen LogP contribution in [0.1, 0.15) is 36.1 Å². The first kappa shape index (κ1) is 15.8. The lowest BCUT2D eigenvalue weighted by molar-refractivity contribution is 0.176. The summed E-state index contributed by atoms with van der Waals surface area (Å²) < 4.78 is 5.48. The van der Waals surface area contributed by atoms with Crippen molar-refractivity contribution in [3.05, 3.63) is 46.6 Å². The normalized spacial score (nSPS) is 15.7. The van der Waals surface area contributed by atoms with Gasteiger partial charge in [0, 0.05) is 37.5 Å². The van der Waals surface area contributed by atoms with Crippen LogP contribution in [0.2, 0.25) is 5.02 Å². The summed E-state index contributed by atoms with van der Waals surface area (Å²) in [6.45, 7) is 3.64. The SMILES string of the molecule is Cc1nnc(C2CCN(C(=O)NCc3cccc(Cl)c3)CC2)o1. The second-order valence-corrected chi connectivity index (χ2v) is 6.15. The van der Waals surface area contributed by atoms with Crippen LogP contribution in [0, 0.1) is 6.92 Å². The number of carbonyl (C=O) groups is 1. The number of urea groups is 1. The van der Waals surface area contributed by atoms with Gasteiger partial charge in [0.1, 0.15) is 0 Å². The van der Waals surface area contributed by atoms with Gasteiger partial charge in [0.05, 0.1) is 0 Å². The van der Waals surface area contributed by atoms with Gasteiger partial charge in [-0.25, -0.2) is 4.79 Å². The molecule has 1 saturated heterocycles. The van der Waals surface area contributed by atoms with Gasteiger partial charge in [-0.15, -0.1) is 10.2 Å². The number of likely N-dealkylation sites (tertiary alicyclic amines) is 1. The Hall–Kier alpha value is -2.08. The molecule has 0 spiro atoms. The van der Waals surface area contributed by atoms with E-state index in [4.69, 9.17) is 16.0 Å². The quantitative estimate of drug-likeness (QED) is 0.936. The summed E-state index contributed by atoms with van der Waals surface area (Å²) in [5, 5.41) is 11.5. The maximum atomic E-state index is 12.2. The molecule has 1 aliphatic rings. The fraction of sp³-hybridized carbons (Fsp3) is 0.438. The monoisotopic (exact) mass is 334 g/mol. The molecule has 3 rings (SSSR count). The van der Waals surface area contributed by atoms with Crippen molar-refractivity contribution in [3.63, 3.8) is 0 Å². The maximum absolute atomic E-state index is 12.2. The van der Waals surface area contributed by atoms with E-state index in [1.165, 1.54) is 0 Å². The number of halogens is 1. The van der Waals surface area contributed by atoms with E-state index < -0.39 is 0 Å². The number of nitrogens with one attached hydrogen (secondary N) is 1. The van der Waals surface area contributed by atoms with E-state index >= 15 is 0 Å². The summed E-state index contributed by atoms with van der Waals surface area (Å²) in [6.07, 6.45) is 1.68. The number of aryl methyl sites for hydroxylation is 1. The minimum atomic E-state index is -0.0508. The predicted octanol–water partition coefficient (Wildman–Crippen LogP) is 3.12. The second kappa shape index (κ2) is 7.00. The Morgan fingerprint density at radius 2 is 2.17 bits per heavy atom. The molecule has 2 amide bonds. The molecule has 0 bridgehead atoms. The second-order valence-electron chi connectivity index (χ2n) is 5.71. The third-order valence-electron chi connectivity index (χ3n) is 4.01. The van der Waals surface area contributed by atoms with Crippen molar-refractivity contribution in [1.29, 1.82) is 0 Å². The molecule has 7 heteroatoms. The summed E-state index contributed by atoms with van der Waals surface area (Å²) >= 11 is 5.94. The van der Waals surface area contributed by atoms with Crippen LogP contribution in [0.3, 0.4) is 0 Å². The summed E-state index contributed by atoms with van der Waals surface area (Å²) in [5.41, 5.74) is 0.988. The van der Waals surface area contributed by atoms with Crippen molar-refractivity contribution in [3.8, 4) is 0 Å². The van der Waals surface area contributed by atoms with Gasteiger partial charge in [-0.1, -0.05) is 23.7 Å². The number of hydrogen-bond donors (Lipinski definition) is 1. The topological polar surface area (TPSA) is 71.3 Å². The molecule has 122 valence electrons. The molecule has 0 atom stereocenters. The summed E-state index contributed by atoms with van der Waals surface area (Å²) in [5.74, 6) is 1.51. The van der Waals surface area contributed by atoms with Gasteiger partial charge in [-0.2, -0.15) is 0 Å². The van der Waals surface area contributed by atoms with Crippen molar-refractivity contribution in [2.45, 2.75) is 32.2 Å². The van der Waals surface area contributed by atoms with Crippen molar-refractivity contribution in [2.24, 2.45) is 0 Å². The molecule has 1 aliphatic heterocycles. The van der Waals surface area contributed by atoms with E-state index in [1.54, 1.807) is 6.92 Å². The van der Waals surface area contributed by atoms with Crippen molar-refractivity contribution < 1.29 is 9.21 Å². The zero-order valence-corrected chi connectivity index (χ0v) is 13.7. The van der Waals surface area contributed by atoms with Gasteiger partial charge in [0.15, 0.2) is 0 Å². The molecule has 1 aromatic heterocycles.